The first-order chi connectivity index (χ1) is 9.56. The fraction of sp³-hybridized carbons (Fsp3) is 0.647. The third kappa shape index (κ3) is 3.50. The van der Waals surface area contributed by atoms with Gasteiger partial charge in [-0.15, -0.1) is 0 Å². The predicted molar refractivity (Wildman–Crippen MR) is 77.5 cm³/mol. The van der Waals surface area contributed by atoms with Crippen molar-refractivity contribution in [1.29, 1.82) is 0 Å². The highest BCUT2D eigenvalue weighted by Crippen LogP contribution is 2.48. The largest absolute Gasteiger partial charge is 0.494 e. The molecule has 1 fully saturated rings. The van der Waals surface area contributed by atoms with Crippen LogP contribution >= 0.6 is 0 Å². The first kappa shape index (κ1) is 15.3. The summed E-state index contributed by atoms with van der Waals surface area (Å²) in [6, 6.07) is 7.19. The molecule has 2 unspecified atom stereocenters. The van der Waals surface area contributed by atoms with Gasteiger partial charge in [0.15, 0.2) is 0 Å². The zero-order valence-corrected chi connectivity index (χ0v) is 12.4. The Kier molecular flexibility index (Phi) is 5.00. The molecule has 0 heterocycles. The first-order valence-corrected chi connectivity index (χ1v) is 7.67. The molecule has 3 heteroatoms. The number of rotatable bonds is 5. The van der Waals surface area contributed by atoms with Crippen LogP contribution in [0.2, 0.25) is 0 Å². The Hall–Kier alpha value is -1.12. The van der Waals surface area contributed by atoms with E-state index in [0.29, 0.717) is 13.0 Å². The fourth-order valence-electron chi connectivity index (χ4n) is 3.27. The monoisotopic (exact) mass is 282 g/mol. The van der Waals surface area contributed by atoms with Gasteiger partial charge >= 0.3 is 0 Å². The summed E-state index contributed by atoms with van der Waals surface area (Å²) in [5.74, 6) is -2.27. The van der Waals surface area contributed by atoms with Gasteiger partial charge in [-0.05, 0) is 43.4 Å². The highest BCUT2D eigenvalue weighted by atomic mass is 19.3. The van der Waals surface area contributed by atoms with E-state index in [1.165, 1.54) is 0 Å². The third-order valence-electron chi connectivity index (χ3n) is 4.22. The number of hydrogen-bond acceptors (Lipinski definition) is 1. The summed E-state index contributed by atoms with van der Waals surface area (Å²) >= 11 is 0. The summed E-state index contributed by atoms with van der Waals surface area (Å²) in [5, 5.41) is 0. The summed E-state index contributed by atoms with van der Waals surface area (Å²) in [4.78, 5) is 0. The molecule has 20 heavy (non-hydrogen) atoms. The summed E-state index contributed by atoms with van der Waals surface area (Å²) < 4.78 is 34.1. The van der Waals surface area contributed by atoms with Crippen LogP contribution in [0.15, 0.2) is 24.3 Å². The van der Waals surface area contributed by atoms with Gasteiger partial charge in [-0.3, -0.25) is 0 Å². The van der Waals surface area contributed by atoms with Crippen LogP contribution < -0.4 is 4.74 Å². The first-order valence-electron chi connectivity index (χ1n) is 7.67. The molecule has 0 spiro atoms. The number of alkyl halides is 2. The van der Waals surface area contributed by atoms with Gasteiger partial charge in [0.1, 0.15) is 5.75 Å². The van der Waals surface area contributed by atoms with E-state index in [1.807, 2.05) is 6.92 Å². The summed E-state index contributed by atoms with van der Waals surface area (Å²) in [6.07, 6.45) is 3.46. The van der Waals surface area contributed by atoms with Crippen molar-refractivity contribution in [2.75, 3.05) is 6.61 Å². The molecule has 1 nitrogen and oxygen atoms in total. The van der Waals surface area contributed by atoms with Crippen molar-refractivity contribution in [3.05, 3.63) is 29.8 Å². The number of benzene rings is 1. The fourth-order valence-corrected chi connectivity index (χ4v) is 3.27. The highest BCUT2D eigenvalue weighted by Gasteiger charge is 2.45. The molecule has 1 saturated carbocycles. The molecule has 112 valence electrons. The second kappa shape index (κ2) is 6.55. The van der Waals surface area contributed by atoms with E-state index >= 15 is 0 Å². The van der Waals surface area contributed by atoms with Crippen LogP contribution in [0.3, 0.4) is 0 Å². The molecule has 1 aromatic carbocycles. The molecule has 0 saturated heterocycles. The van der Waals surface area contributed by atoms with Crippen LogP contribution in [0, 0.1) is 5.92 Å². The van der Waals surface area contributed by atoms with Gasteiger partial charge in [-0.25, -0.2) is 8.78 Å². The van der Waals surface area contributed by atoms with Crippen LogP contribution in [0.1, 0.15) is 57.4 Å². The van der Waals surface area contributed by atoms with Crippen molar-refractivity contribution < 1.29 is 13.5 Å². The van der Waals surface area contributed by atoms with E-state index in [9.17, 15) is 8.78 Å². The smallest absolute Gasteiger partial charge is 0.255 e. The molecule has 1 aliphatic carbocycles. The van der Waals surface area contributed by atoms with Gasteiger partial charge in [0, 0.05) is 12.3 Å². The molecule has 0 aliphatic heterocycles. The summed E-state index contributed by atoms with van der Waals surface area (Å²) in [6.45, 7) is 4.57. The molecule has 2 atom stereocenters. The van der Waals surface area contributed by atoms with E-state index in [2.05, 4.69) is 6.92 Å². The second-order valence-corrected chi connectivity index (χ2v) is 5.75. The van der Waals surface area contributed by atoms with E-state index in [4.69, 9.17) is 4.74 Å². The predicted octanol–water partition coefficient (Wildman–Crippen LogP) is 5.40. The maximum atomic E-state index is 14.3. The molecule has 1 aliphatic rings. The molecule has 0 radical (unpaired) electrons. The normalized spacial score (nSPS) is 25.4. The van der Waals surface area contributed by atoms with Gasteiger partial charge in [0.25, 0.3) is 5.92 Å². The SMILES string of the molecule is CCCC1CCC(c2ccc(OCC)cc2)C(F)(F)C1. The Morgan fingerprint density at radius 2 is 1.85 bits per heavy atom. The van der Waals surface area contributed by atoms with E-state index < -0.39 is 11.8 Å². The summed E-state index contributed by atoms with van der Waals surface area (Å²) in [7, 11) is 0. The topological polar surface area (TPSA) is 9.23 Å². The molecule has 0 bridgehead atoms. The quantitative estimate of drug-likeness (QED) is 0.702. The van der Waals surface area contributed by atoms with Crippen molar-refractivity contribution in [3.63, 3.8) is 0 Å². The van der Waals surface area contributed by atoms with Crippen LogP contribution in [0.4, 0.5) is 8.78 Å². The average Bonchev–Trinajstić information content (AvgIpc) is 2.40. The van der Waals surface area contributed by atoms with Gasteiger partial charge in [-0.2, -0.15) is 0 Å². The Labute approximate surface area is 120 Å². The van der Waals surface area contributed by atoms with Gasteiger partial charge in [0.05, 0.1) is 6.61 Å². The second-order valence-electron chi connectivity index (χ2n) is 5.75. The number of ether oxygens (including phenoxy) is 1. The Morgan fingerprint density at radius 1 is 1.15 bits per heavy atom. The number of hydrogen-bond donors (Lipinski definition) is 0. The molecular formula is C17H24F2O. The lowest BCUT2D eigenvalue weighted by Gasteiger charge is -2.36. The average molecular weight is 282 g/mol. The molecule has 2 rings (SSSR count). The summed E-state index contributed by atoms with van der Waals surface area (Å²) in [5.41, 5.74) is 0.744. The Bertz CT molecular complexity index is 414. The van der Waals surface area contributed by atoms with E-state index in [1.54, 1.807) is 24.3 Å². The lowest BCUT2D eigenvalue weighted by Crippen LogP contribution is -2.34. The molecule has 1 aromatic rings. The van der Waals surface area contributed by atoms with Gasteiger partial charge < -0.3 is 4.74 Å². The van der Waals surface area contributed by atoms with Crippen molar-refractivity contribution in [1.82, 2.24) is 0 Å². The minimum Gasteiger partial charge on any atom is -0.494 e. The maximum absolute atomic E-state index is 14.3. The zero-order chi connectivity index (χ0) is 14.6. The van der Waals surface area contributed by atoms with Gasteiger partial charge in [0.2, 0.25) is 0 Å². The van der Waals surface area contributed by atoms with E-state index in [0.717, 1.165) is 30.6 Å². The maximum Gasteiger partial charge on any atom is 0.255 e. The molecule has 0 aromatic heterocycles. The number of halogens is 2. The molecule has 0 N–H and O–H groups in total. The third-order valence-corrected chi connectivity index (χ3v) is 4.22. The Morgan fingerprint density at radius 3 is 2.40 bits per heavy atom. The Balaban J connectivity index is 2.08. The van der Waals surface area contributed by atoms with Gasteiger partial charge in [-0.1, -0.05) is 31.9 Å². The lowest BCUT2D eigenvalue weighted by atomic mass is 9.74. The van der Waals surface area contributed by atoms with Crippen LogP contribution in [0.25, 0.3) is 0 Å². The van der Waals surface area contributed by atoms with Crippen molar-refractivity contribution in [2.24, 2.45) is 5.92 Å². The zero-order valence-electron chi connectivity index (χ0n) is 12.4. The molecular weight excluding hydrogens is 258 g/mol. The standard InChI is InChI=1S/C17H24F2O/c1-3-5-13-6-11-16(17(18,19)12-13)14-7-9-15(10-8-14)20-4-2/h7-10,13,16H,3-6,11-12H2,1-2H3. The highest BCUT2D eigenvalue weighted by molar-refractivity contribution is 5.31. The molecule has 0 amide bonds. The van der Waals surface area contributed by atoms with Crippen LogP contribution in [0.5, 0.6) is 5.75 Å². The van der Waals surface area contributed by atoms with Crippen molar-refractivity contribution >= 4 is 0 Å². The lowest BCUT2D eigenvalue weighted by molar-refractivity contribution is -0.0736. The minimum atomic E-state index is -2.58. The van der Waals surface area contributed by atoms with Crippen molar-refractivity contribution in [3.8, 4) is 5.75 Å². The van der Waals surface area contributed by atoms with Crippen LogP contribution in [-0.2, 0) is 0 Å². The van der Waals surface area contributed by atoms with Crippen LogP contribution in [-0.4, -0.2) is 12.5 Å². The minimum absolute atomic E-state index is 0.0404. The van der Waals surface area contributed by atoms with E-state index in [-0.39, 0.29) is 12.3 Å². The van der Waals surface area contributed by atoms with Crippen molar-refractivity contribution in [2.45, 2.75) is 57.8 Å².